The van der Waals surface area contributed by atoms with Crippen molar-refractivity contribution in [1.29, 1.82) is 0 Å². The van der Waals surface area contributed by atoms with Crippen LogP contribution in [0.25, 0.3) is 10.9 Å². The van der Waals surface area contributed by atoms with E-state index in [-0.39, 0.29) is 5.02 Å². The fourth-order valence-corrected chi connectivity index (χ4v) is 2.55. The largest absolute Gasteiger partial charge is 0.324 e. The molecule has 3 rings (SSSR count). The molecule has 2 N–H and O–H groups in total. The summed E-state index contributed by atoms with van der Waals surface area (Å²) in [6.07, 6.45) is 0.460. The van der Waals surface area contributed by atoms with Gasteiger partial charge in [0.05, 0.1) is 10.5 Å². The van der Waals surface area contributed by atoms with E-state index in [1.165, 1.54) is 6.07 Å². The van der Waals surface area contributed by atoms with Gasteiger partial charge in [-0.1, -0.05) is 48.0 Å². The Bertz CT molecular complexity index is 789. The molecule has 0 fully saturated rings. The fourth-order valence-electron chi connectivity index (χ4n) is 2.36. The topological polar surface area (TPSA) is 38.9 Å². The SMILES string of the molecule is NC(Cc1ccc2ccccc2n1)c1cccc(Cl)c1F. The minimum atomic E-state index is -0.475. The van der Waals surface area contributed by atoms with Crippen molar-refractivity contribution in [1.82, 2.24) is 4.98 Å². The maximum atomic E-state index is 14.0. The van der Waals surface area contributed by atoms with Gasteiger partial charge in [-0.3, -0.25) is 4.98 Å². The van der Waals surface area contributed by atoms with Crippen molar-refractivity contribution >= 4 is 22.5 Å². The maximum Gasteiger partial charge on any atom is 0.146 e. The Morgan fingerprint density at radius 3 is 2.71 bits per heavy atom. The van der Waals surface area contributed by atoms with Crippen LogP contribution in [0.2, 0.25) is 5.02 Å². The summed E-state index contributed by atoms with van der Waals surface area (Å²) in [7, 11) is 0. The zero-order valence-corrected chi connectivity index (χ0v) is 12.0. The van der Waals surface area contributed by atoms with Crippen molar-refractivity contribution < 1.29 is 4.39 Å². The predicted molar refractivity (Wildman–Crippen MR) is 83.8 cm³/mol. The van der Waals surface area contributed by atoms with E-state index in [9.17, 15) is 4.39 Å². The number of para-hydroxylation sites is 1. The minimum absolute atomic E-state index is 0.0921. The molecule has 1 aromatic heterocycles. The molecule has 1 unspecified atom stereocenters. The quantitative estimate of drug-likeness (QED) is 0.784. The van der Waals surface area contributed by atoms with Crippen LogP contribution in [0.15, 0.2) is 54.6 Å². The molecule has 0 radical (unpaired) electrons. The molecule has 2 aromatic carbocycles. The van der Waals surface area contributed by atoms with E-state index < -0.39 is 11.9 Å². The van der Waals surface area contributed by atoms with Crippen LogP contribution in [0.5, 0.6) is 0 Å². The predicted octanol–water partition coefficient (Wildman–Crippen LogP) is 4.27. The van der Waals surface area contributed by atoms with Crippen LogP contribution in [0.3, 0.4) is 0 Å². The van der Waals surface area contributed by atoms with E-state index in [4.69, 9.17) is 17.3 Å². The Morgan fingerprint density at radius 2 is 1.86 bits per heavy atom. The number of fused-ring (bicyclic) bond motifs is 1. The number of aromatic nitrogens is 1. The molecule has 1 atom stereocenters. The third-order valence-corrected chi connectivity index (χ3v) is 3.76. The number of nitrogens with zero attached hydrogens (tertiary/aromatic N) is 1. The van der Waals surface area contributed by atoms with Gasteiger partial charge in [0, 0.05) is 29.1 Å². The molecule has 0 aliphatic rings. The Morgan fingerprint density at radius 1 is 1.05 bits per heavy atom. The van der Waals surface area contributed by atoms with Crippen molar-refractivity contribution in [2.24, 2.45) is 5.73 Å². The number of halogens is 2. The normalized spacial score (nSPS) is 12.5. The second-order valence-corrected chi connectivity index (χ2v) is 5.36. The molecule has 1 heterocycles. The fraction of sp³-hybridized carbons (Fsp3) is 0.118. The van der Waals surface area contributed by atoms with Crippen LogP contribution >= 0.6 is 11.6 Å². The standard InChI is InChI=1S/C17H14ClFN2/c18-14-6-3-5-13(17(14)19)15(20)10-12-9-8-11-4-1-2-7-16(11)21-12/h1-9,15H,10,20H2. The summed E-state index contributed by atoms with van der Waals surface area (Å²) < 4.78 is 14.0. The van der Waals surface area contributed by atoms with Gasteiger partial charge in [0.2, 0.25) is 0 Å². The maximum absolute atomic E-state index is 14.0. The van der Waals surface area contributed by atoms with E-state index in [2.05, 4.69) is 4.98 Å². The summed E-state index contributed by atoms with van der Waals surface area (Å²) in [5.74, 6) is -0.451. The first-order valence-corrected chi connectivity index (χ1v) is 7.07. The minimum Gasteiger partial charge on any atom is -0.324 e. The van der Waals surface area contributed by atoms with Crippen LogP contribution in [-0.2, 0) is 6.42 Å². The highest BCUT2D eigenvalue weighted by Crippen LogP contribution is 2.24. The first-order valence-electron chi connectivity index (χ1n) is 6.69. The van der Waals surface area contributed by atoms with E-state index in [1.54, 1.807) is 12.1 Å². The zero-order chi connectivity index (χ0) is 14.8. The number of hydrogen-bond donors (Lipinski definition) is 1. The second-order valence-electron chi connectivity index (χ2n) is 4.95. The number of hydrogen-bond acceptors (Lipinski definition) is 2. The lowest BCUT2D eigenvalue weighted by Crippen LogP contribution is -2.15. The van der Waals surface area contributed by atoms with Gasteiger partial charge in [0.15, 0.2) is 0 Å². The van der Waals surface area contributed by atoms with Crippen molar-refractivity contribution in [2.75, 3.05) is 0 Å². The summed E-state index contributed by atoms with van der Waals surface area (Å²) in [4.78, 5) is 4.56. The number of benzene rings is 2. The Hall–Kier alpha value is -1.97. The van der Waals surface area contributed by atoms with Crippen molar-refractivity contribution in [3.63, 3.8) is 0 Å². The van der Waals surface area contributed by atoms with Crippen LogP contribution in [0, 0.1) is 5.82 Å². The average molecular weight is 301 g/mol. The van der Waals surface area contributed by atoms with Gasteiger partial charge in [-0.05, 0) is 18.2 Å². The van der Waals surface area contributed by atoms with Crippen LogP contribution in [0.4, 0.5) is 4.39 Å². The summed E-state index contributed by atoms with van der Waals surface area (Å²) in [6, 6.07) is 16.2. The first kappa shape index (κ1) is 14.0. The lowest BCUT2D eigenvalue weighted by Gasteiger charge is -2.13. The molecule has 3 aromatic rings. The molecular weight excluding hydrogens is 287 g/mol. The Balaban J connectivity index is 1.89. The molecule has 2 nitrogen and oxygen atoms in total. The summed E-state index contributed by atoms with van der Waals surface area (Å²) in [6.45, 7) is 0. The molecule has 0 aliphatic carbocycles. The van der Waals surface area contributed by atoms with E-state index in [0.29, 0.717) is 12.0 Å². The number of pyridine rings is 1. The van der Waals surface area contributed by atoms with Gasteiger partial charge in [0.1, 0.15) is 5.82 Å². The molecule has 21 heavy (non-hydrogen) atoms. The van der Waals surface area contributed by atoms with E-state index in [0.717, 1.165) is 16.6 Å². The summed E-state index contributed by atoms with van der Waals surface area (Å²) in [5, 5.41) is 1.16. The van der Waals surface area contributed by atoms with Crippen molar-refractivity contribution in [3.8, 4) is 0 Å². The molecule has 0 spiro atoms. The second kappa shape index (κ2) is 5.80. The molecule has 0 bridgehead atoms. The van der Waals surface area contributed by atoms with Gasteiger partial charge in [-0.2, -0.15) is 0 Å². The highest BCUT2D eigenvalue weighted by Gasteiger charge is 2.15. The first-order chi connectivity index (χ1) is 10.1. The van der Waals surface area contributed by atoms with Crippen LogP contribution in [0.1, 0.15) is 17.3 Å². The van der Waals surface area contributed by atoms with Crippen LogP contribution < -0.4 is 5.73 Å². The third kappa shape index (κ3) is 2.89. The van der Waals surface area contributed by atoms with Gasteiger partial charge < -0.3 is 5.73 Å². The van der Waals surface area contributed by atoms with Crippen LogP contribution in [-0.4, -0.2) is 4.98 Å². The highest BCUT2D eigenvalue weighted by atomic mass is 35.5. The van der Waals surface area contributed by atoms with Crippen molar-refractivity contribution in [3.05, 3.63) is 76.7 Å². The Labute approximate surface area is 127 Å². The third-order valence-electron chi connectivity index (χ3n) is 3.47. The van der Waals surface area contributed by atoms with E-state index in [1.807, 2.05) is 36.4 Å². The smallest absolute Gasteiger partial charge is 0.146 e. The van der Waals surface area contributed by atoms with E-state index >= 15 is 0 Å². The molecule has 106 valence electrons. The van der Waals surface area contributed by atoms with Gasteiger partial charge in [-0.15, -0.1) is 0 Å². The molecule has 0 saturated heterocycles. The van der Waals surface area contributed by atoms with Gasteiger partial charge in [0.25, 0.3) is 0 Å². The number of rotatable bonds is 3. The highest BCUT2D eigenvalue weighted by molar-refractivity contribution is 6.30. The molecule has 0 aliphatic heterocycles. The number of nitrogens with two attached hydrogens (primary N) is 1. The summed E-state index contributed by atoms with van der Waals surface area (Å²) >= 11 is 5.79. The molecule has 0 saturated carbocycles. The summed E-state index contributed by atoms with van der Waals surface area (Å²) in [5.41, 5.74) is 8.26. The molecule has 0 amide bonds. The van der Waals surface area contributed by atoms with Crippen molar-refractivity contribution in [2.45, 2.75) is 12.5 Å². The zero-order valence-electron chi connectivity index (χ0n) is 11.3. The molecular formula is C17H14ClFN2. The Kier molecular flexibility index (Phi) is 3.86. The lowest BCUT2D eigenvalue weighted by atomic mass is 10.0. The monoisotopic (exact) mass is 300 g/mol. The van der Waals surface area contributed by atoms with Gasteiger partial charge >= 0.3 is 0 Å². The molecule has 4 heteroatoms. The average Bonchev–Trinajstić information content (AvgIpc) is 2.50. The van der Waals surface area contributed by atoms with Gasteiger partial charge in [-0.25, -0.2) is 4.39 Å². The lowest BCUT2D eigenvalue weighted by molar-refractivity contribution is 0.579.